The molecule has 0 spiro atoms. The predicted molar refractivity (Wildman–Crippen MR) is 73.3 cm³/mol. The van der Waals surface area contributed by atoms with Crippen LogP contribution >= 0.6 is 0 Å². The predicted octanol–water partition coefficient (Wildman–Crippen LogP) is 1.69. The summed E-state index contributed by atoms with van der Waals surface area (Å²) in [4.78, 5) is 0. The molecule has 20 heavy (non-hydrogen) atoms. The molecule has 2 heterocycles. The third-order valence-corrected chi connectivity index (χ3v) is 6.64. The molecule has 0 saturated carbocycles. The number of rotatable bonds is 2. The Morgan fingerprint density at radius 3 is 2.90 bits per heavy atom. The van der Waals surface area contributed by atoms with Crippen molar-refractivity contribution in [2.45, 2.75) is 37.7 Å². The van der Waals surface area contributed by atoms with E-state index in [0.717, 1.165) is 5.56 Å². The van der Waals surface area contributed by atoms with Crippen LogP contribution in [0.15, 0.2) is 18.2 Å². The van der Waals surface area contributed by atoms with Crippen LogP contribution in [0.3, 0.4) is 0 Å². The Labute approximate surface area is 118 Å². The van der Waals surface area contributed by atoms with Gasteiger partial charge < -0.3 is 4.74 Å². The largest absolute Gasteiger partial charge is 0.377 e. The number of benzene rings is 1. The number of ether oxygens (including phenoxy) is 1. The quantitative estimate of drug-likeness (QED) is 0.835. The van der Waals surface area contributed by atoms with Gasteiger partial charge in [0.05, 0.1) is 6.10 Å². The van der Waals surface area contributed by atoms with Crippen LogP contribution in [-0.4, -0.2) is 37.2 Å². The molecule has 2 aliphatic heterocycles. The number of sulfonamides is 1. The molecule has 0 aliphatic carbocycles. The van der Waals surface area contributed by atoms with E-state index in [1.807, 2.05) is 0 Å². The molecule has 3 rings (SSSR count). The highest BCUT2D eigenvalue weighted by molar-refractivity contribution is 7.89. The van der Waals surface area contributed by atoms with Gasteiger partial charge in [-0.25, -0.2) is 12.8 Å². The van der Waals surface area contributed by atoms with E-state index in [0.29, 0.717) is 31.6 Å². The van der Waals surface area contributed by atoms with Gasteiger partial charge in [0.2, 0.25) is 10.0 Å². The first-order chi connectivity index (χ1) is 9.50. The van der Waals surface area contributed by atoms with Crippen LogP contribution in [-0.2, 0) is 27.7 Å². The van der Waals surface area contributed by atoms with Crippen LogP contribution in [0.4, 0.5) is 4.39 Å². The molecule has 2 aliphatic rings. The SMILES string of the molecule is CC1OCCC1S(=O)(=O)N1CCc2c(F)cccc2C1. The highest BCUT2D eigenvalue weighted by Crippen LogP contribution is 2.29. The van der Waals surface area contributed by atoms with Crippen molar-refractivity contribution in [1.29, 1.82) is 0 Å². The molecule has 0 amide bonds. The highest BCUT2D eigenvalue weighted by Gasteiger charge is 2.40. The van der Waals surface area contributed by atoms with Crippen molar-refractivity contribution in [1.82, 2.24) is 4.31 Å². The molecule has 0 bridgehead atoms. The summed E-state index contributed by atoms with van der Waals surface area (Å²) in [6.07, 6.45) is 0.702. The normalized spacial score (nSPS) is 27.5. The van der Waals surface area contributed by atoms with Gasteiger partial charge in [0, 0.05) is 19.7 Å². The van der Waals surface area contributed by atoms with E-state index >= 15 is 0 Å². The number of hydrogen-bond donors (Lipinski definition) is 0. The monoisotopic (exact) mass is 299 g/mol. The Hall–Kier alpha value is -0.980. The van der Waals surface area contributed by atoms with Crippen molar-refractivity contribution < 1.29 is 17.5 Å². The molecule has 2 unspecified atom stereocenters. The van der Waals surface area contributed by atoms with Crippen molar-refractivity contribution in [2.75, 3.05) is 13.2 Å². The summed E-state index contributed by atoms with van der Waals surface area (Å²) in [6, 6.07) is 4.86. The molecule has 1 aromatic rings. The van der Waals surface area contributed by atoms with E-state index < -0.39 is 15.3 Å². The standard InChI is InChI=1S/C14H18FNO3S/c1-10-14(6-8-19-10)20(17,18)16-7-5-12-11(9-16)3-2-4-13(12)15/h2-4,10,14H,5-9H2,1H3. The number of hydrogen-bond acceptors (Lipinski definition) is 3. The maximum Gasteiger partial charge on any atom is 0.219 e. The van der Waals surface area contributed by atoms with Crippen molar-refractivity contribution in [3.63, 3.8) is 0 Å². The summed E-state index contributed by atoms with van der Waals surface area (Å²) in [7, 11) is -3.38. The van der Waals surface area contributed by atoms with Gasteiger partial charge >= 0.3 is 0 Å². The third-order valence-electron chi connectivity index (χ3n) is 4.22. The number of nitrogens with zero attached hydrogens (tertiary/aromatic N) is 1. The molecular weight excluding hydrogens is 281 g/mol. The molecule has 4 nitrogen and oxygen atoms in total. The topological polar surface area (TPSA) is 46.6 Å². The zero-order chi connectivity index (χ0) is 14.3. The van der Waals surface area contributed by atoms with E-state index in [1.54, 1.807) is 19.1 Å². The maximum absolute atomic E-state index is 13.7. The first-order valence-corrected chi connectivity index (χ1v) is 8.37. The maximum atomic E-state index is 13.7. The Morgan fingerprint density at radius 2 is 2.20 bits per heavy atom. The summed E-state index contributed by atoms with van der Waals surface area (Å²) in [5.41, 5.74) is 1.42. The molecule has 1 saturated heterocycles. The van der Waals surface area contributed by atoms with Crippen LogP contribution in [0, 0.1) is 5.82 Å². The Morgan fingerprint density at radius 1 is 1.40 bits per heavy atom. The number of halogens is 1. The lowest BCUT2D eigenvalue weighted by Crippen LogP contribution is -2.44. The fourth-order valence-electron chi connectivity index (χ4n) is 3.05. The second kappa shape index (κ2) is 5.09. The molecule has 1 aromatic carbocycles. The lowest BCUT2D eigenvalue weighted by molar-refractivity contribution is 0.125. The van der Waals surface area contributed by atoms with Gasteiger partial charge in [-0.1, -0.05) is 12.1 Å². The van der Waals surface area contributed by atoms with Gasteiger partial charge in [-0.3, -0.25) is 0 Å². The average Bonchev–Trinajstić information content (AvgIpc) is 2.85. The summed E-state index contributed by atoms with van der Waals surface area (Å²) < 4.78 is 45.8. The Bertz CT molecular complexity index is 617. The lowest BCUT2D eigenvalue weighted by Gasteiger charge is -2.31. The fourth-order valence-corrected chi connectivity index (χ4v) is 5.05. The summed E-state index contributed by atoms with van der Waals surface area (Å²) in [6.45, 7) is 2.90. The van der Waals surface area contributed by atoms with Gasteiger partial charge in [0.1, 0.15) is 11.1 Å². The first kappa shape index (κ1) is 14.0. The van der Waals surface area contributed by atoms with Crippen LogP contribution in [0.25, 0.3) is 0 Å². The summed E-state index contributed by atoms with van der Waals surface area (Å²) >= 11 is 0. The molecule has 1 fully saturated rings. The molecule has 110 valence electrons. The van der Waals surface area contributed by atoms with Gasteiger partial charge in [0.15, 0.2) is 0 Å². The number of fused-ring (bicyclic) bond motifs is 1. The molecule has 6 heteroatoms. The van der Waals surface area contributed by atoms with E-state index in [4.69, 9.17) is 4.74 Å². The molecule has 0 aromatic heterocycles. The van der Waals surface area contributed by atoms with Crippen molar-refractivity contribution in [3.05, 3.63) is 35.1 Å². The van der Waals surface area contributed by atoms with E-state index in [1.165, 1.54) is 10.4 Å². The van der Waals surface area contributed by atoms with E-state index in [-0.39, 0.29) is 18.5 Å². The second-order valence-electron chi connectivity index (χ2n) is 5.41. The molecule has 0 N–H and O–H groups in total. The Kier molecular flexibility index (Phi) is 3.56. The zero-order valence-electron chi connectivity index (χ0n) is 11.4. The molecular formula is C14H18FNO3S. The second-order valence-corrected chi connectivity index (χ2v) is 7.56. The van der Waals surface area contributed by atoms with Crippen LogP contribution < -0.4 is 0 Å². The fraction of sp³-hybridized carbons (Fsp3) is 0.571. The van der Waals surface area contributed by atoms with Gasteiger partial charge in [0.25, 0.3) is 0 Å². The summed E-state index contributed by atoms with van der Waals surface area (Å²) in [5.74, 6) is -0.239. The van der Waals surface area contributed by atoms with Crippen LogP contribution in [0.2, 0.25) is 0 Å². The summed E-state index contributed by atoms with van der Waals surface area (Å²) in [5, 5.41) is -0.474. The van der Waals surface area contributed by atoms with Crippen LogP contribution in [0.1, 0.15) is 24.5 Å². The smallest absolute Gasteiger partial charge is 0.219 e. The van der Waals surface area contributed by atoms with E-state index in [2.05, 4.69) is 0 Å². The van der Waals surface area contributed by atoms with E-state index in [9.17, 15) is 12.8 Å². The van der Waals surface area contributed by atoms with Gasteiger partial charge in [-0.05, 0) is 37.0 Å². The van der Waals surface area contributed by atoms with Gasteiger partial charge in [-0.2, -0.15) is 4.31 Å². The minimum Gasteiger partial charge on any atom is -0.377 e. The first-order valence-electron chi connectivity index (χ1n) is 6.87. The third kappa shape index (κ3) is 2.25. The minimum atomic E-state index is -3.38. The Balaban J connectivity index is 1.86. The highest BCUT2D eigenvalue weighted by atomic mass is 32.2. The minimum absolute atomic E-state index is 0.239. The average molecular weight is 299 g/mol. The van der Waals surface area contributed by atoms with Crippen molar-refractivity contribution >= 4 is 10.0 Å². The molecule has 0 radical (unpaired) electrons. The lowest BCUT2D eigenvalue weighted by atomic mass is 10.0. The van der Waals surface area contributed by atoms with Crippen molar-refractivity contribution in [2.24, 2.45) is 0 Å². The zero-order valence-corrected chi connectivity index (χ0v) is 12.2. The van der Waals surface area contributed by atoms with Crippen LogP contribution in [0.5, 0.6) is 0 Å². The van der Waals surface area contributed by atoms with Crippen molar-refractivity contribution in [3.8, 4) is 0 Å². The van der Waals surface area contributed by atoms with Gasteiger partial charge in [-0.15, -0.1) is 0 Å². The molecule has 2 atom stereocenters.